The summed E-state index contributed by atoms with van der Waals surface area (Å²) in [7, 11) is 0. The van der Waals surface area contributed by atoms with E-state index in [1.54, 1.807) is 0 Å². The van der Waals surface area contributed by atoms with Crippen LogP contribution in [0.1, 0.15) is 65.7 Å². The number of ether oxygens (including phenoxy) is 1. The minimum Gasteiger partial charge on any atom is -0.378 e. The van der Waals surface area contributed by atoms with E-state index >= 15 is 0 Å². The Hall–Kier alpha value is -0.0800. The van der Waals surface area contributed by atoms with Crippen molar-refractivity contribution in [1.29, 1.82) is 0 Å². The van der Waals surface area contributed by atoms with Gasteiger partial charge in [-0.25, -0.2) is 0 Å². The fourth-order valence-corrected chi connectivity index (χ4v) is 4.53. The molecule has 3 aliphatic carbocycles. The van der Waals surface area contributed by atoms with Gasteiger partial charge in [-0.15, -0.1) is 0 Å². The van der Waals surface area contributed by atoms with E-state index in [0.717, 1.165) is 18.7 Å². The molecular weight excluding hydrogens is 222 g/mol. The predicted octanol–water partition coefficient (Wildman–Crippen LogP) is 3.50. The molecule has 3 unspecified atom stereocenters. The second-order valence-corrected chi connectivity index (χ2v) is 7.59. The molecule has 2 nitrogen and oxygen atoms in total. The van der Waals surface area contributed by atoms with E-state index in [0.29, 0.717) is 16.9 Å². The van der Waals surface area contributed by atoms with Crippen LogP contribution in [0.5, 0.6) is 0 Å². The summed E-state index contributed by atoms with van der Waals surface area (Å²) in [6, 6.07) is 1.52. The molecule has 1 N–H and O–H groups in total. The van der Waals surface area contributed by atoms with Crippen LogP contribution in [0.15, 0.2) is 0 Å². The van der Waals surface area contributed by atoms with Gasteiger partial charge in [-0.05, 0) is 50.9 Å². The molecule has 3 rings (SSSR count). The van der Waals surface area contributed by atoms with Crippen LogP contribution in [0.2, 0.25) is 0 Å². The topological polar surface area (TPSA) is 21.3 Å². The number of hydrogen-bond acceptors (Lipinski definition) is 2. The second kappa shape index (κ2) is 4.49. The van der Waals surface area contributed by atoms with Gasteiger partial charge in [-0.1, -0.05) is 20.3 Å². The molecule has 3 saturated carbocycles. The van der Waals surface area contributed by atoms with Gasteiger partial charge in [0.1, 0.15) is 0 Å². The molecule has 3 aliphatic rings. The van der Waals surface area contributed by atoms with Crippen LogP contribution in [0.4, 0.5) is 0 Å². The highest BCUT2D eigenvalue weighted by atomic mass is 16.5. The summed E-state index contributed by atoms with van der Waals surface area (Å²) in [4.78, 5) is 0. The highest BCUT2D eigenvalue weighted by Gasteiger charge is 2.59. The van der Waals surface area contributed by atoms with E-state index in [1.807, 2.05) is 0 Å². The molecule has 0 radical (unpaired) electrons. The third-order valence-electron chi connectivity index (χ3n) is 5.84. The van der Waals surface area contributed by atoms with Crippen molar-refractivity contribution in [2.75, 3.05) is 6.61 Å². The average Bonchev–Trinajstić information content (AvgIpc) is 2.54. The Morgan fingerprint density at radius 3 is 2.50 bits per heavy atom. The van der Waals surface area contributed by atoms with E-state index in [4.69, 9.17) is 4.74 Å². The predicted molar refractivity (Wildman–Crippen MR) is 74.7 cm³/mol. The summed E-state index contributed by atoms with van der Waals surface area (Å²) >= 11 is 0. The fourth-order valence-electron chi connectivity index (χ4n) is 4.53. The van der Waals surface area contributed by atoms with Crippen LogP contribution >= 0.6 is 0 Å². The quantitative estimate of drug-likeness (QED) is 0.825. The zero-order valence-corrected chi connectivity index (χ0v) is 12.3. The van der Waals surface area contributed by atoms with Gasteiger partial charge in [0.05, 0.1) is 6.10 Å². The van der Waals surface area contributed by atoms with Crippen molar-refractivity contribution in [2.24, 2.45) is 10.8 Å². The van der Waals surface area contributed by atoms with Crippen LogP contribution in [0.3, 0.4) is 0 Å². The molecule has 0 aromatic rings. The molecule has 18 heavy (non-hydrogen) atoms. The summed E-state index contributed by atoms with van der Waals surface area (Å²) in [5.41, 5.74) is 1.09. The van der Waals surface area contributed by atoms with Gasteiger partial charge in [0, 0.05) is 24.1 Å². The standard InChI is InChI=1S/C16H29NO/c1-4-18-14-10-13(16(14)7-5-8-16)17-12-6-9-15(2,3)11-12/h12-14,17H,4-11H2,1-3H3. The molecule has 2 heteroatoms. The molecule has 0 aromatic heterocycles. The number of rotatable bonds is 4. The largest absolute Gasteiger partial charge is 0.378 e. The highest BCUT2D eigenvalue weighted by molar-refractivity contribution is 5.13. The van der Waals surface area contributed by atoms with E-state index < -0.39 is 0 Å². The van der Waals surface area contributed by atoms with Crippen molar-refractivity contribution in [3.8, 4) is 0 Å². The van der Waals surface area contributed by atoms with Crippen LogP contribution < -0.4 is 5.32 Å². The van der Waals surface area contributed by atoms with E-state index in [9.17, 15) is 0 Å². The van der Waals surface area contributed by atoms with Gasteiger partial charge in [0.2, 0.25) is 0 Å². The first kappa shape index (κ1) is 12.9. The van der Waals surface area contributed by atoms with Crippen LogP contribution in [-0.2, 0) is 4.74 Å². The lowest BCUT2D eigenvalue weighted by atomic mass is 9.51. The molecule has 0 aromatic carbocycles. The lowest BCUT2D eigenvalue weighted by molar-refractivity contribution is -0.174. The zero-order valence-electron chi connectivity index (χ0n) is 12.3. The number of nitrogens with one attached hydrogen (secondary N) is 1. The Bertz CT molecular complexity index is 308. The molecule has 0 bridgehead atoms. The van der Waals surface area contributed by atoms with Crippen molar-refractivity contribution in [3.05, 3.63) is 0 Å². The molecule has 0 heterocycles. The maximum absolute atomic E-state index is 5.93. The van der Waals surface area contributed by atoms with Gasteiger partial charge in [-0.3, -0.25) is 0 Å². The summed E-state index contributed by atoms with van der Waals surface area (Å²) < 4.78 is 5.93. The van der Waals surface area contributed by atoms with Crippen molar-refractivity contribution < 1.29 is 4.74 Å². The molecule has 3 fully saturated rings. The fraction of sp³-hybridized carbons (Fsp3) is 1.00. The average molecular weight is 251 g/mol. The normalized spacial score (nSPS) is 40.5. The maximum atomic E-state index is 5.93. The lowest BCUT2D eigenvalue weighted by Gasteiger charge is -2.61. The monoisotopic (exact) mass is 251 g/mol. The van der Waals surface area contributed by atoms with Gasteiger partial charge < -0.3 is 10.1 Å². The highest BCUT2D eigenvalue weighted by Crippen LogP contribution is 2.57. The first-order valence-electron chi connectivity index (χ1n) is 7.93. The molecule has 104 valence electrons. The molecule has 0 saturated heterocycles. The van der Waals surface area contributed by atoms with E-state index in [-0.39, 0.29) is 0 Å². The Kier molecular flexibility index (Phi) is 3.22. The third-order valence-corrected chi connectivity index (χ3v) is 5.84. The van der Waals surface area contributed by atoms with Gasteiger partial charge in [0.25, 0.3) is 0 Å². The molecule has 1 spiro atoms. The van der Waals surface area contributed by atoms with Crippen LogP contribution in [0, 0.1) is 10.8 Å². The SMILES string of the molecule is CCOC1CC(NC2CCC(C)(C)C2)C12CCC2. The third kappa shape index (κ3) is 2.02. The summed E-state index contributed by atoms with van der Waals surface area (Å²) in [5, 5.41) is 3.97. The zero-order chi connectivity index (χ0) is 12.8. The van der Waals surface area contributed by atoms with Gasteiger partial charge in [-0.2, -0.15) is 0 Å². The Morgan fingerprint density at radius 1 is 1.22 bits per heavy atom. The second-order valence-electron chi connectivity index (χ2n) is 7.59. The Balaban J connectivity index is 1.55. The van der Waals surface area contributed by atoms with Crippen LogP contribution in [-0.4, -0.2) is 24.8 Å². The maximum Gasteiger partial charge on any atom is 0.0661 e. The summed E-state index contributed by atoms with van der Waals surface area (Å²) in [5.74, 6) is 0. The molecular formula is C16H29NO. The number of hydrogen-bond donors (Lipinski definition) is 1. The van der Waals surface area contributed by atoms with Crippen molar-refractivity contribution in [1.82, 2.24) is 5.32 Å². The lowest BCUT2D eigenvalue weighted by Crippen LogP contribution is -2.68. The first-order valence-corrected chi connectivity index (χ1v) is 7.93. The minimum atomic E-state index is 0.530. The van der Waals surface area contributed by atoms with Crippen LogP contribution in [0.25, 0.3) is 0 Å². The van der Waals surface area contributed by atoms with E-state index in [1.165, 1.54) is 44.9 Å². The molecule has 0 amide bonds. The summed E-state index contributed by atoms with van der Waals surface area (Å²) in [6.07, 6.45) is 10.1. The van der Waals surface area contributed by atoms with Crippen molar-refractivity contribution >= 4 is 0 Å². The first-order chi connectivity index (χ1) is 8.56. The Labute approximate surface area is 112 Å². The smallest absolute Gasteiger partial charge is 0.0661 e. The van der Waals surface area contributed by atoms with Crippen molar-refractivity contribution in [2.45, 2.75) is 83.9 Å². The Morgan fingerprint density at radius 2 is 2.00 bits per heavy atom. The van der Waals surface area contributed by atoms with Gasteiger partial charge >= 0.3 is 0 Å². The minimum absolute atomic E-state index is 0.530. The summed E-state index contributed by atoms with van der Waals surface area (Å²) in [6.45, 7) is 7.84. The molecule has 0 aliphatic heterocycles. The van der Waals surface area contributed by atoms with Crippen molar-refractivity contribution in [3.63, 3.8) is 0 Å². The molecule has 3 atom stereocenters. The van der Waals surface area contributed by atoms with E-state index in [2.05, 4.69) is 26.1 Å². The van der Waals surface area contributed by atoms with Gasteiger partial charge in [0.15, 0.2) is 0 Å².